The summed E-state index contributed by atoms with van der Waals surface area (Å²) >= 11 is 12.6. The van der Waals surface area contributed by atoms with Crippen molar-refractivity contribution in [2.75, 3.05) is 6.61 Å². The van der Waals surface area contributed by atoms with E-state index in [4.69, 9.17) is 33.7 Å². The Hall–Kier alpha value is -0.440. The molecular weight excluding hydrogens is 269 g/mol. The van der Waals surface area contributed by atoms with Crippen LogP contribution in [-0.4, -0.2) is 12.6 Å². The molecule has 1 aromatic rings. The van der Waals surface area contributed by atoms with Crippen LogP contribution >= 0.6 is 23.2 Å². The van der Waals surface area contributed by atoms with Crippen LogP contribution in [0.25, 0.3) is 0 Å². The molecule has 0 amide bonds. The molecule has 0 saturated carbocycles. The quantitative estimate of drug-likeness (QED) is 0.878. The smallest absolute Gasteiger partial charge is 0.141 e. The van der Waals surface area contributed by atoms with Crippen LogP contribution in [0.15, 0.2) is 0 Å². The van der Waals surface area contributed by atoms with E-state index in [0.717, 1.165) is 28.9 Å². The summed E-state index contributed by atoms with van der Waals surface area (Å²) in [6, 6.07) is 0.0440. The summed E-state index contributed by atoms with van der Waals surface area (Å²) in [5, 5.41) is 1.31. The number of ether oxygens (including phenoxy) is 1. The molecule has 2 N–H and O–H groups in total. The lowest BCUT2D eigenvalue weighted by molar-refractivity contribution is 0.313. The van der Waals surface area contributed by atoms with Crippen LogP contribution in [0.2, 0.25) is 10.0 Å². The fourth-order valence-electron chi connectivity index (χ4n) is 1.91. The van der Waals surface area contributed by atoms with Crippen LogP contribution in [0.5, 0.6) is 5.75 Å². The molecule has 102 valence electrons. The third kappa shape index (κ3) is 3.31. The molecule has 0 fully saturated rings. The minimum absolute atomic E-state index is 0.0440. The Kier molecular flexibility index (Phi) is 5.77. The van der Waals surface area contributed by atoms with Gasteiger partial charge in [0.1, 0.15) is 5.75 Å². The van der Waals surface area contributed by atoms with Crippen molar-refractivity contribution >= 4 is 23.2 Å². The Bertz CT molecular complexity index is 431. The number of benzene rings is 1. The van der Waals surface area contributed by atoms with E-state index in [0.29, 0.717) is 23.1 Å². The SMILES string of the molecule is CCCOc1c(Cl)c(C)c(Cl)c(C)c1CC(C)N. The lowest BCUT2D eigenvalue weighted by atomic mass is 9.98. The normalized spacial score (nSPS) is 12.6. The number of hydrogen-bond donors (Lipinski definition) is 1. The molecule has 4 heteroatoms. The highest BCUT2D eigenvalue weighted by Gasteiger charge is 2.19. The van der Waals surface area contributed by atoms with E-state index in [1.54, 1.807) is 0 Å². The fourth-order valence-corrected chi connectivity index (χ4v) is 2.43. The van der Waals surface area contributed by atoms with Crippen molar-refractivity contribution in [3.63, 3.8) is 0 Å². The average Bonchev–Trinajstić information content (AvgIpc) is 2.32. The Morgan fingerprint density at radius 3 is 2.28 bits per heavy atom. The van der Waals surface area contributed by atoms with E-state index >= 15 is 0 Å². The second-order valence-electron chi connectivity index (χ2n) is 4.72. The standard InChI is InChI=1S/C14H21Cl2NO/c1-5-6-18-14-11(7-8(2)17)9(3)12(15)10(4)13(14)16/h8H,5-7,17H2,1-4H3. The first kappa shape index (κ1) is 15.6. The van der Waals surface area contributed by atoms with Crippen molar-refractivity contribution < 1.29 is 4.74 Å². The maximum Gasteiger partial charge on any atom is 0.141 e. The highest BCUT2D eigenvalue weighted by molar-refractivity contribution is 6.37. The molecule has 1 atom stereocenters. The van der Waals surface area contributed by atoms with Crippen LogP contribution in [0, 0.1) is 13.8 Å². The summed E-state index contributed by atoms with van der Waals surface area (Å²) in [5.41, 5.74) is 8.80. The van der Waals surface area contributed by atoms with Crippen LogP contribution in [-0.2, 0) is 6.42 Å². The second kappa shape index (κ2) is 6.65. The minimum Gasteiger partial charge on any atom is -0.492 e. The van der Waals surface area contributed by atoms with Crippen molar-refractivity contribution in [1.29, 1.82) is 0 Å². The number of rotatable bonds is 5. The molecule has 0 aromatic heterocycles. The zero-order chi connectivity index (χ0) is 13.9. The number of hydrogen-bond acceptors (Lipinski definition) is 2. The summed E-state index contributed by atoms with van der Waals surface area (Å²) in [5.74, 6) is 0.746. The predicted molar refractivity (Wildman–Crippen MR) is 79.1 cm³/mol. The largest absolute Gasteiger partial charge is 0.492 e. The van der Waals surface area contributed by atoms with Gasteiger partial charge in [0, 0.05) is 16.6 Å². The van der Waals surface area contributed by atoms with Crippen LogP contribution in [0.4, 0.5) is 0 Å². The molecule has 2 nitrogen and oxygen atoms in total. The molecule has 0 aliphatic rings. The molecule has 1 unspecified atom stereocenters. The van der Waals surface area contributed by atoms with Crippen molar-refractivity contribution in [2.24, 2.45) is 5.73 Å². The van der Waals surface area contributed by atoms with Crippen LogP contribution in [0.1, 0.15) is 37.0 Å². The van der Waals surface area contributed by atoms with E-state index in [9.17, 15) is 0 Å². The predicted octanol–water partition coefficient (Wildman–Crippen LogP) is 4.29. The van der Waals surface area contributed by atoms with Crippen molar-refractivity contribution in [1.82, 2.24) is 0 Å². The molecule has 18 heavy (non-hydrogen) atoms. The lowest BCUT2D eigenvalue weighted by Gasteiger charge is -2.20. The van der Waals surface area contributed by atoms with Gasteiger partial charge in [0.05, 0.1) is 11.6 Å². The topological polar surface area (TPSA) is 35.2 Å². The minimum atomic E-state index is 0.0440. The van der Waals surface area contributed by atoms with Gasteiger partial charge in [-0.05, 0) is 44.7 Å². The molecule has 0 spiro atoms. The first-order chi connectivity index (χ1) is 8.40. The maximum atomic E-state index is 6.34. The van der Waals surface area contributed by atoms with Crippen molar-refractivity contribution in [3.05, 3.63) is 26.7 Å². The van der Waals surface area contributed by atoms with Gasteiger partial charge in [-0.15, -0.1) is 0 Å². The summed E-state index contributed by atoms with van der Waals surface area (Å²) in [7, 11) is 0. The van der Waals surface area contributed by atoms with E-state index in [-0.39, 0.29) is 6.04 Å². The highest BCUT2D eigenvalue weighted by Crippen LogP contribution is 2.40. The van der Waals surface area contributed by atoms with Gasteiger partial charge in [0.25, 0.3) is 0 Å². The van der Waals surface area contributed by atoms with E-state index in [1.807, 2.05) is 20.8 Å². The zero-order valence-corrected chi connectivity index (χ0v) is 13.0. The third-order valence-corrected chi connectivity index (χ3v) is 3.91. The van der Waals surface area contributed by atoms with Gasteiger partial charge in [-0.2, -0.15) is 0 Å². The molecule has 0 saturated heterocycles. The summed E-state index contributed by atoms with van der Waals surface area (Å²) in [4.78, 5) is 0. The molecule has 0 heterocycles. The molecule has 0 bridgehead atoms. The zero-order valence-electron chi connectivity index (χ0n) is 11.4. The molecule has 0 aliphatic carbocycles. The summed E-state index contributed by atoms with van der Waals surface area (Å²) in [6.07, 6.45) is 1.65. The Morgan fingerprint density at radius 2 is 1.78 bits per heavy atom. The first-order valence-electron chi connectivity index (χ1n) is 6.25. The van der Waals surface area contributed by atoms with Crippen LogP contribution in [0.3, 0.4) is 0 Å². The molecule has 1 rings (SSSR count). The van der Waals surface area contributed by atoms with Gasteiger partial charge >= 0.3 is 0 Å². The Labute approximate surface area is 119 Å². The maximum absolute atomic E-state index is 6.34. The number of nitrogens with two attached hydrogens (primary N) is 1. The van der Waals surface area contributed by atoms with E-state index in [2.05, 4.69) is 6.92 Å². The van der Waals surface area contributed by atoms with E-state index in [1.165, 1.54) is 0 Å². The Balaban J connectivity index is 3.33. The number of halogens is 2. The molecule has 1 aromatic carbocycles. The molecule has 0 radical (unpaired) electrons. The summed E-state index contributed by atoms with van der Waals surface area (Å²) < 4.78 is 5.79. The van der Waals surface area contributed by atoms with Gasteiger partial charge in [0.15, 0.2) is 0 Å². The lowest BCUT2D eigenvalue weighted by Crippen LogP contribution is -2.19. The average molecular weight is 290 g/mol. The summed E-state index contributed by atoms with van der Waals surface area (Å²) in [6.45, 7) is 8.57. The van der Waals surface area contributed by atoms with Gasteiger partial charge < -0.3 is 10.5 Å². The monoisotopic (exact) mass is 289 g/mol. The van der Waals surface area contributed by atoms with Crippen molar-refractivity contribution in [3.8, 4) is 5.75 Å². The van der Waals surface area contributed by atoms with Crippen molar-refractivity contribution in [2.45, 2.75) is 46.6 Å². The van der Waals surface area contributed by atoms with E-state index < -0.39 is 0 Å². The van der Waals surface area contributed by atoms with Gasteiger partial charge in [-0.3, -0.25) is 0 Å². The Morgan fingerprint density at radius 1 is 1.17 bits per heavy atom. The van der Waals surface area contributed by atoms with Gasteiger partial charge in [0.2, 0.25) is 0 Å². The fraction of sp³-hybridized carbons (Fsp3) is 0.571. The first-order valence-corrected chi connectivity index (χ1v) is 7.01. The second-order valence-corrected chi connectivity index (χ2v) is 5.47. The van der Waals surface area contributed by atoms with Gasteiger partial charge in [-0.1, -0.05) is 30.1 Å². The molecule has 0 aliphatic heterocycles. The molecular formula is C14H21Cl2NO. The third-order valence-electron chi connectivity index (χ3n) is 2.89. The van der Waals surface area contributed by atoms with Crippen LogP contribution < -0.4 is 10.5 Å². The highest BCUT2D eigenvalue weighted by atomic mass is 35.5. The van der Waals surface area contributed by atoms with Gasteiger partial charge in [-0.25, -0.2) is 0 Å².